The van der Waals surface area contributed by atoms with Crippen LogP contribution in [0.5, 0.6) is 0 Å². The molecular weight excluding hydrogens is 392 g/mol. The summed E-state index contributed by atoms with van der Waals surface area (Å²) in [5.74, 6) is 0. The summed E-state index contributed by atoms with van der Waals surface area (Å²) in [7, 11) is 0. The minimum atomic E-state index is 0.227. The lowest BCUT2D eigenvalue weighted by atomic mass is 9.94. The number of hydrogen-bond donors (Lipinski definition) is 1. The van der Waals surface area contributed by atoms with Crippen LogP contribution in [0.1, 0.15) is 55.8 Å². The van der Waals surface area contributed by atoms with Crippen molar-refractivity contribution in [3.8, 4) is 0 Å². The van der Waals surface area contributed by atoms with Gasteiger partial charge in [-0.3, -0.25) is 0 Å². The highest BCUT2D eigenvalue weighted by Gasteiger charge is 2.23. The Kier molecular flexibility index (Phi) is 5.38. The molecule has 1 N–H and O–H groups in total. The smallest absolute Gasteiger partial charge is 0.138 e. The number of allylic oxidation sites excluding steroid dienone is 3. The number of aromatic amines is 1. The second-order valence-electron chi connectivity index (χ2n) is 9.14. The van der Waals surface area contributed by atoms with Gasteiger partial charge in [0.1, 0.15) is 5.65 Å². The minimum absolute atomic E-state index is 0.227. The number of anilines is 1. The first-order valence-corrected chi connectivity index (χ1v) is 11.7. The van der Waals surface area contributed by atoms with E-state index >= 15 is 0 Å². The van der Waals surface area contributed by atoms with Gasteiger partial charge in [0.25, 0.3) is 0 Å². The van der Waals surface area contributed by atoms with E-state index < -0.39 is 0 Å². The molecule has 1 unspecified atom stereocenters. The lowest BCUT2D eigenvalue weighted by Gasteiger charge is -2.34. The fourth-order valence-electron chi connectivity index (χ4n) is 5.00. The van der Waals surface area contributed by atoms with E-state index in [9.17, 15) is 0 Å². The molecule has 1 aromatic carbocycles. The van der Waals surface area contributed by atoms with E-state index in [1.807, 2.05) is 6.20 Å². The number of piperidine rings is 1. The maximum atomic E-state index is 4.73. The monoisotopic (exact) mass is 424 g/mol. The van der Waals surface area contributed by atoms with Gasteiger partial charge < -0.3 is 14.8 Å². The predicted molar refractivity (Wildman–Crippen MR) is 134 cm³/mol. The molecule has 0 amide bonds. The Morgan fingerprint density at radius 3 is 2.69 bits per heavy atom. The van der Waals surface area contributed by atoms with Crippen LogP contribution in [0.15, 0.2) is 72.9 Å². The number of fused-ring (bicyclic) bond motifs is 1. The Hall–Kier alpha value is -3.27. The molecule has 0 saturated carbocycles. The van der Waals surface area contributed by atoms with Crippen molar-refractivity contribution in [3.05, 3.63) is 89.5 Å². The first-order chi connectivity index (χ1) is 15.5. The molecule has 2 aliphatic heterocycles. The van der Waals surface area contributed by atoms with Crippen molar-refractivity contribution >= 4 is 22.3 Å². The van der Waals surface area contributed by atoms with E-state index in [-0.39, 0.29) is 6.04 Å². The molecule has 2 aliphatic rings. The number of hydrogen-bond acceptors (Lipinski definition) is 3. The van der Waals surface area contributed by atoms with Crippen LogP contribution in [0.25, 0.3) is 16.6 Å². The molecule has 0 spiro atoms. The molecule has 4 heteroatoms. The van der Waals surface area contributed by atoms with Gasteiger partial charge in [0.2, 0.25) is 0 Å². The topological polar surface area (TPSA) is 35.2 Å². The van der Waals surface area contributed by atoms with Crippen LogP contribution in [0.4, 0.5) is 5.69 Å². The third-order valence-electron chi connectivity index (χ3n) is 7.02. The maximum Gasteiger partial charge on any atom is 0.138 e. The summed E-state index contributed by atoms with van der Waals surface area (Å²) in [6.07, 6.45) is 12.4. The van der Waals surface area contributed by atoms with E-state index in [1.165, 1.54) is 58.2 Å². The van der Waals surface area contributed by atoms with Gasteiger partial charge in [0, 0.05) is 42.1 Å². The van der Waals surface area contributed by atoms with E-state index in [0.29, 0.717) is 0 Å². The number of rotatable bonds is 4. The van der Waals surface area contributed by atoms with Crippen LogP contribution in [-0.4, -0.2) is 28.0 Å². The molecule has 4 nitrogen and oxygen atoms in total. The van der Waals surface area contributed by atoms with Gasteiger partial charge in [0.05, 0.1) is 17.9 Å². The molecule has 5 rings (SSSR count). The fourth-order valence-corrected chi connectivity index (χ4v) is 5.00. The van der Waals surface area contributed by atoms with Crippen LogP contribution in [0.3, 0.4) is 0 Å². The summed E-state index contributed by atoms with van der Waals surface area (Å²) < 4.78 is 0. The summed E-state index contributed by atoms with van der Waals surface area (Å²) >= 11 is 0. The molecule has 32 heavy (non-hydrogen) atoms. The van der Waals surface area contributed by atoms with Crippen LogP contribution >= 0.6 is 0 Å². The highest BCUT2D eigenvalue weighted by molar-refractivity contribution is 5.96. The van der Waals surface area contributed by atoms with Crippen molar-refractivity contribution < 1.29 is 0 Å². The second-order valence-corrected chi connectivity index (χ2v) is 9.14. The standard InChI is InChI=1S/C28H32N4/c1-19-9-8-10-23(15-19)22(4)32-14-11-25(20(2)21(32)3)27-18-30-28-26(27)16-24(17-29-28)31-12-6-5-7-13-31/h8-11,14-18,22H,3,5-7,12-13H2,1-2,4H3,(H,29,30). The molecular formula is C28H32N4. The van der Waals surface area contributed by atoms with Crippen LogP contribution < -0.4 is 4.90 Å². The van der Waals surface area contributed by atoms with Crippen molar-refractivity contribution in [2.45, 2.75) is 46.1 Å². The zero-order valence-corrected chi connectivity index (χ0v) is 19.4. The number of aromatic nitrogens is 2. The quantitative estimate of drug-likeness (QED) is 0.504. The van der Waals surface area contributed by atoms with Gasteiger partial charge in [-0.2, -0.15) is 0 Å². The Labute approximate surface area is 191 Å². The Morgan fingerprint density at radius 2 is 1.91 bits per heavy atom. The van der Waals surface area contributed by atoms with Crippen LogP contribution in [-0.2, 0) is 0 Å². The highest BCUT2D eigenvalue weighted by Crippen LogP contribution is 2.38. The van der Waals surface area contributed by atoms with E-state index in [1.54, 1.807) is 0 Å². The summed E-state index contributed by atoms with van der Waals surface area (Å²) in [6, 6.07) is 11.3. The lowest BCUT2D eigenvalue weighted by molar-refractivity contribution is 0.375. The Balaban J connectivity index is 1.47. The molecule has 4 heterocycles. The Morgan fingerprint density at radius 1 is 1.09 bits per heavy atom. The lowest BCUT2D eigenvalue weighted by Crippen LogP contribution is -2.29. The van der Waals surface area contributed by atoms with Crippen LogP contribution in [0, 0.1) is 6.92 Å². The average Bonchev–Trinajstić information content (AvgIpc) is 3.24. The Bertz CT molecular complexity index is 1220. The molecule has 0 bridgehead atoms. The number of H-pyrrole nitrogens is 1. The molecule has 0 aliphatic carbocycles. The van der Waals surface area contributed by atoms with E-state index in [4.69, 9.17) is 4.98 Å². The first-order valence-electron chi connectivity index (χ1n) is 11.7. The molecule has 1 fully saturated rings. The number of pyridine rings is 1. The molecule has 164 valence electrons. The van der Waals surface area contributed by atoms with Crippen molar-refractivity contribution in [2.75, 3.05) is 18.0 Å². The zero-order valence-electron chi connectivity index (χ0n) is 19.4. The van der Waals surface area contributed by atoms with Gasteiger partial charge in [-0.05, 0) is 68.9 Å². The van der Waals surface area contributed by atoms with E-state index in [0.717, 1.165) is 24.4 Å². The van der Waals surface area contributed by atoms with Crippen molar-refractivity contribution in [3.63, 3.8) is 0 Å². The van der Waals surface area contributed by atoms with Gasteiger partial charge in [0.15, 0.2) is 0 Å². The average molecular weight is 425 g/mol. The zero-order chi connectivity index (χ0) is 22.2. The molecule has 1 atom stereocenters. The van der Waals surface area contributed by atoms with Crippen molar-refractivity contribution in [1.29, 1.82) is 0 Å². The molecule has 2 aromatic heterocycles. The maximum absolute atomic E-state index is 4.73. The third-order valence-corrected chi connectivity index (χ3v) is 7.02. The summed E-state index contributed by atoms with van der Waals surface area (Å²) in [5, 5.41) is 1.18. The SMILES string of the molecule is C=C1C(C)=C(c2c[nH]c3ncc(N4CCCCC4)cc23)C=CN1C(C)c1cccc(C)c1. The van der Waals surface area contributed by atoms with Crippen molar-refractivity contribution in [1.82, 2.24) is 14.9 Å². The first kappa shape index (κ1) is 20.6. The van der Waals surface area contributed by atoms with Gasteiger partial charge in [-0.1, -0.05) is 36.4 Å². The van der Waals surface area contributed by atoms with Crippen LogP contribution in [0.2, 0.25) is 0 Å². The number of aryl methyl sites for hydroxylation is 1. The number of nitrogens with one attached hydrogen (secondary N) is 1. The summed E-state index contributed by atoms with van der Waals surface area (Å²) in [5.41, 5.74) is 9.41. The largest absolute Gasteiger partial charge is 0.370 e. The molecule has 0 radical (unpaired) electrons. The number of benzene rings is 1. The summed E-state index contributed by atoms with van der Waals surface area (Å²) in [6.45, 7) is 13.3. The minimum Gasteiger partial charge on any atom is -0.370 e. The molecule has 1 saturated heterocycles. The second kappa shape index (κ2) is 8.34. The predicted octanol–water partition coefficient (Wildman–Crippen LogP) is 6.74. The third kappa shape index (κ3) is 3.64. The summed E-state index contributed by atoms with van der Waals surface area (Å²) in [4.78, 5) is 12.9. The normalized spacial score (nSPS) is 18.0. The fraction of sp³-hybridized carbons (Fsp3) is 0.321. The molecule has 3 aromatic rings. The van der Waals surface area contributed by atoms with Crippen molar-refractivity contribution in [2.24, 2.45) is 0 Å². The van der Waals surface area contributed by atoms with Gasteiger partial charge in [-0.25, -0.2) is 4.98 Å². The van der Waals surface area contributed by atoms with E-state index in [2.05, 4.69) is 90.9 Å². The highest BCUT2D eigenvalue weighted by atomic mass is 15.2. The number of nitrogens with zero attached hydrogens (tertiary/aromatic N) is 3. The van der Waals surface area contributed by atoms with Gasteiger partial charge >= 0.3 is 0 Å². The van der Waals surface area contributed by atoms with Gasteiger partial charge in [-0.15, -0.1) is 0 Å².